The Balaban J connectivity index is 2.51. The van der Waals surface area contributed by atoms with Crippen LogP contribution in [0.15, 0.2) is 22.9 Å². The van der Waals surface area contributed by atoms with E-state index in [9.17, 15) is 0 Å². The molecule has 0 fully saturated rings. The van der Waals surface area contributed by atoms with Crippen molar-refractivity contribution in [2.24, 2.45) is 0 Å². The molecule has 0 saturated heterocycles. The molecule has 1 atom stereocenters. The van der Waals surface area contributed by atoms with Gasteiger partial charge in [0.2, 0.25) is 0 Å². The van der Waals surface area contributed by atoms with Gasteiger partial charge in [0.1, 0.15) is 11.4 Å². The first-order valence-corrected chi connectivity index (χ1v) is 6.15. The molecule has 17 heavy (non-hydrogen) atoms. The number of pyridine rings is 1. The van der Waals surface area contributed by atoms with Crippen molar-refractivity contribution in [2.75, 3.05) is 6.61 Å². The van der Waals surface area contributed by atoms with Crippen LogP contribution >= 0.6 is 15.9 Å². The summed E-state index contributed by atoms with van der Waals surface area (Å²) in [5.41, 5.74) is 1.56. The van der Waals surface area contributed by atoms with Crippen molar-refractivity contribution < 1.29 is 4.74 Å². The first-order chi connectivity index (χ1) is 8.15. The summed E-state index contributed by atoms with van der Waals surface area (Å²) in [6.45, 7) is 4.38. The van der Waals surface area contributed by atoms with E-state index in [0.29, 0.717) is 6.61 Å². The second-order valence-electron chi connectivity index (χ2n) is 3.70. The number of fused-ring (bicyclic) bond motifs is 1. The van der Waals surface area contributed by atoms with Crippen molar-refractivity contribution in [3.8, 4) is 11.8 Å². The number of rotatable bonds is 3. The number of nitriles is 1. The molecule has 0 aliphatic carbocycles. The molecule has 0 amide bonds. The molecule has 88 valence electrons. The molecule has 0 saturated carbocycles. The quantitative estimate of drug-likeness (QED) is 0.874. The van der Waals surface area contributed by atoms with Gasteiger partial charge < -0.3 is 9.14 Å². The van der Waals surface area contributed by atoms with E-state index in [-0.39, 0.29) is 5.92 Å². The number of hydrogen-bond acceptors (Lipinski definition) is 3. The van der Waals surface area contributed by atoms with Gasteiger partial charge in [-0.3, -0.25) is 0 Å². The fraction of sp³-hybridized carbons (Fsp3) is 0.333. The zero-order valence-electron chi connectivity index (χ0n) is 9.64. The van der Waals surface area contributed by atoms with Crippen LogP contribution in [0.1, 0.15) is 25.5 Å². The van der Waals surface area contributed by atoms with E-state index in [0.717, 1.165) is 21.6 Å². The average Bonchev–Trinajstić information content (AvgIpc) is 2.71. The van der Waals surface area contributed by atoms with E-state index in [1.165, 1.54) is 0 Å². The molecule has 0 N–H and O–H groups in total. The van der Waals surface area contributed by atoms with Crippen LogP contribution < -0.4 is 4.74 Å². The Hall–Kier alpha value is -1.54. The largest absolute Gasteiger partial charge is 0.492 e. The highest BCUT2D eigenvalue weighted by atomic mass is 79.9. The van der Waals surface area contributed by atoms with Crippen LogP contribution in [-0.2, 0) is 0 Å². The van der Waals surface area contributed by atoms with E-state index < -0.39 is 0 Å². The van der Waals surface area contributed by atoms with Crippen LogP contribution in [-0.4, -0.2) is 16.0 Å². The molecule has 0 aromatic carbocycles. The lowest BCUT2D eigenvalue weighted by Gasteiger charge is -2.05. The second kappa shape index (κ2) is 4.76. The standard InChI is InChI=1S/C12H12BrN3O/c1-3-17-11-4-12-15-10(8(2)5-14)7-16(12)6-9(11)13/h4,6-8H,3H2,1-2H3. The number of ether oxygens (including phenoxy) is 1. The third-order valence-electron chi connectivity index (χ3n) is 2.46. The predicted molar refractivity (Wildman–Crippen MR) is 68.1 cm³/mol. The lowest BCUT2D eigenvalue weighted by molar-refractivity contribution is 0.338. The zero-order chi connectivity index (χ0) is 12.4. The number of halogens is 1. The summed E-state index contributed by atoms with van der Waals surface area (Å²) < 4.78 is 8.24. The maximum Gasteiger partial charge on any atom is 0.140 e. The molecule has 0 radical (unpaired) electrons. The van der Waals surface area contributed by atoms with Crippen LogP contribution in [0.5, 0.6) is 5.75 Å². The van der Waals surface area contributed by atoms with Crippen molar-refractivity contribution in [2.45, 2.75) is 19.8 Å². The smallest absolute Gasteiger partial charge is 0.140 e. The third kappa shape index (κ3) is 2.27. The second-order valence-corrected chi connectivity index (χ2v) is 4.55. The molecule has 1 unspecified atom stereocenters. The lowest BCUT2D eigenvalue weighted by atomic mass is 10.1. The van der Waals surface area contributed by atoms with Gasteiger partial charge in [-0.1, -0.05) is 0 Å². The van der Waals surface area contributed by atoms with Gasteiger partial charge in [0.15, 0.2) is 0 Å². The first-order valence-electron chi connectivity index (χ1n) is 5.36. The van der Waals surface area contributed by atoms with Crippen LogP contribution in [0.2, 0.25) is 0 Å². The summed E-state index contributed by atoms with van der Waals surface area (Å²) in [4.78, 5) is 4.41. The molecular formula is C12H12BrN3O. The van der Waals surface area contributed by atoms with Crippen LogP contribution in [0.25, 0.3) is 5.65 Å². The molecule has 0 aliphatic rings. The Bertz CT molecular complexity index is 585. The van der Waals surface area contributed by atoms with E-state index in [1.807, 2.05) is 36.7 Å². The maximum atomic E-state index is 8.87. The van der Waals surface area contributed by atoms with Crippen molar-refractivity contribution in [1.29, 1.82) is 5.26 Å². The number of aromatic nitrogens is 2. The summed E-state index contributed by atoms with van der Waals surface area (Å²) in [5, 5.41) is 8.87. The molecule has 2 aromatic rings. The minimum Gasteiger partial charge on any atom is -0.492 e. The number of imidazole rings is 1. The molecule has 2 rings (SSSR count). The zero-order valence-corrected chi connectivity index (χ0v) is 11.2. The van der Waals surface area contributed by atoms with Crippen molar-refractivity contribution in [1.82, 2.24) is 9.38 Å². The molecular weight excluding hydrogens is 282 g/mol. The van der Waals surface area contributed by atoms with E-state index in [1.54, 1.807) is 0 Å². The van der Waals surface area contributed by atoms with Gasteiger partial charge in [-0.2, -0.15) is 5.26 Å². The lowest BCUT2D eigenvalue weighted by Crippen LogP contribution is -1.94. The van der Waals surface area contributed by atoms with E-state index >= 15 is 0 Å². The Kier molecular flexibility index (Phi) is 3.34. The maximum absolute atomic E-state index is 8.87. The normalized spacial score (nSPS) is 12.4. The highest BCUT2D eigenvalue weighted by Gasteiger charge is 2.11. The summed E-state index contributed by atoms with van der Waals surface area (Å²) in [6, 6.07) is 4.04. The summed E-state index contributed by atoms with van der Waals surface area (Å²) in [5.74, 6) is 0.561. The van der Waals surface area contributed by atoms with E-state index in [2.05, 4.69) is 27.0 Å². The van der Waals surface area contributed by atoms with Gasteiger partial charge >= 0.3 is 0 Å². The Morgan fingerprint density at radius 3 is 3.00 bits per heavy atom. The fourth-order valence-electron chi connectivity index (χ4n) is 1.55. The molecule has 0 spiro atoms. The summed E-state index contributed by atoms with van der Waals surface area (Å²) in [6.07, 6.45) is 3.75. The Labute approximate surface area is 108 Å². The fourth-order valence-corrected chi connectivity index (χ4v) is 2.00. The van der Waals surface area contributed by atoms with E-state index in [4.69, 9.17) is 10.00 Å². The average molecular weight is 294 g/mol. The van der Waals surface area contributed by atoms with Crippen molar-refractivity contribution in [3.05, 3.63) is 28.6 Å². The summed E-state index contributed by atoms with van der Waals surface area (Å²) in [7, 11) is 0. The Morgan fingerprint density at radius 2 is 2.35 bits per heavy atom. The van der Waals surface area contributed by atoms with Crippen molar-refractivity contribution in [3.63, 3.8) is 0 Å². The van der Waals surface area contributed by atoms with Gasteiger partial charge in [-0.05, 0) is 29.8 Å². The molecule has 2 aromatic heterocycles. The third-order valence-corrected chi connectivity index (χ3v) is 3.06. The molecule has 5 heteroatoms. The number of nitrogens with zero attached hydrogens (tertiary/aromatic N) is 3. The predicted octanol–water partition coefficient (Wildman–Crippen LogP) is 3.12. The van der Waals surface area contributed by atoms with Crippen molar-refractivity contribution >= 4 is 21.6 Å². The van der Waals surface area contributed by atoms with Gasteiger partial charge in [-0.15, -0.1) is 0 Å². The van der Waals surface area contributed by atoms with Crippen LogP contribution in [0.4, 0.5) is 0 Å². The molecule has 2 heterocycles. The highest BCUT2D eigenvalue weighted by molar-refractivity contribution is 9.10. The van der Waals surface area contributed by atoms with Gasteiger partial charge in [0.05, 0.1) is 28.8 Å². The van der Waals surface area contributed by atoms with Gasteiger partial charge in [-0.25, -0.2) is 4.98 Å². The topological polar surface area (TPSA) is 50.3 Å². The Morgan fingerprint density at radius 1 is 1.59 bits per heavy atom. The van der Waals surface area contributed by atoms with Crippen LogP contribution in [0, 0.1) is 11.3 Å². The first kappa shape index (κ1) is 11.9. The van der Waals surface area contributed by atoms with Gasteiger partial charge in [0.25, 0.3) is 0 Å². The monoisotopic (exact) mass is 293 g/mol. The number of hydrogen-bond donors (Lipinski definition) is 0. The SMILES string of the molecule is CCOc1cc2nc(C(C)C#N)cn2cc1Br. The van der Waals surface area contributed by atoms with Crippen LogP contribution in [0.3, 0.4) is 0 Å². The molecule has 4 nitrogen and oxygen atoms in total. The van der Waals surface area contributed by atoms with Gasteiger partial charge in [0, 0.05) is 18.5 Å². The minimum atomic E-state index is -0.204. The minimum absolute atomic E-state index is 0.204. The molecule has 0 aliphatic heterocycles. The summed E-state index contributed by atoms with van der Waals surface area (Å²) >= 11 is 3.44. The highest BCUT2D eigenvalue weighted by Crippen LogP contribution is 2.27. The molecule has 0 bridgehead atoms.